The molecule has 0 aromatic carbocycles. The lowest BCUT2D eigenvalue weighted by Gasteiger charge is -1.99. The normalized spacial score (nSPS) is 10.7. The van der Waals surface area contributed by atoms with E-state index in [-0.39, 0.29) is 16.5 Å². The number of hydrogen-bond acceptors (Lipinski definition) is 4. The van der Waals surface area contributed by atoms with Crippen LogP contribution in [0.3, 0.4) is 0 Å². The first-order chi connectivity index (χ1) is 5.54. The van der Waals surface area contributed by atoms with E-state index in [4.69, 9.17) is 0 Å². The number of halogens is 1. The molecule has 6 nitrogen and oxygen atoms in total. The fraction of sp³-hybridized carbons (Fsp3) is 0.600. The predicted molar refractivity (Wildman–Crippen MR) is 44.8 cm³/mol. The Labute approximate surface area is 76.8 Å². The summed E-state index contributed by atoms with van der Waals surface area (Å²) in [5, 5.41) is 17.6. The zero-order valence-electron chi connectivity index (χ0n) is 6.56. The predicted octanol–water partition coefficient (Wildman–Crippen LogP) is 1.53. The van der Waals surface area contributed by atoms with Gasteiger partial charge in [-0.3, -0.25) is 0 Å². The molecule has 0 N–H and O–H groups in total. The van der Waals surface area contributed by atoms with Crippen LogP contribution in [0, 0.1) is 10.1 Å². The number of rotatable bonds is 2. The third-order valence-corrected chi connectivity index (χ3v) is 1.81. The molecule has 1 heterocycles. The molecule has 0 unspecified atom stereocenters. The Kier molecular flexibility index (Phi) is 2.41. The lowest BCUT2D eigenvalue weighted by Crippen LogP contribution is -2.07. The van der Waals surface area contributed by atoms with Crippen molar-refractivity contribution in [1.29, 1.82) is 0 Å². The van der Waals surface area contributed by atoms with Crippen molar-refractivity contribution in [3.05, 3.63) is 14.7 Å². The summed E-state index contributed by atoms with van der Waals surface area (Å²) in [5.74, 6) is -0.106. The molecular weight excluding hydrogens is 228 g/mol. The second kappa shape index (κ2) is 3.18. The molecule has 12 heavy (non-hydrogen) atoms. The van der Waals surface area contributed by atoms with Crippen LogP contribution in [-0.2, 0) is 0 Å². The quantitative estimate of drug-likeness (QED) is 0.575. The van der Waals surface area contributed by atoms with Crippen LogP contribution in [-0.4, -0.2) is 19.9 Å². The van der Waals surface area contributed by atoms with Crippen LogP contribution in [0.15, 0.2) is 4.60 Å². The molecule has 0 bridgehead atoms. The Morgan fingerprint density at radius 2 is 2.25 bits per heavy atom. The Balaban J connectivity index is 3.21. The van der Waals surface area contributed by atoms with Crippen molar-refractivity contribution in [2.75, 3.05) is 0 Å². The van der Waals surface area contributed by atoms with Crippen molar-refractivity contribution >= 4 is 21.7 Å². The fourth-order valence-corrected chi connectivity index (χ4v) is 1.17. The van der Waals surface area contributed by atoms with Gasteiger partial charge in [-0.1, -0.05) is 5.10 Å². The number of nitrogens with zero attached hydrogens (tertiary/aromatic N) is 4. The van der Waals surface area contributed by atoms with Crippen LogP contribution >= 0.6 is 15.9 Å². The lowest BCUT2D eigenvalue weighted by atomic mass is 10.4. The van der Waals surface area contributed by atoms with Gasteiger partial charge in [-0.2, -0.15) is 0 Å². The summed E-state index contributed by atoms with van der Waals surface area (Å²) < 4.78 is 1.42. The van der Waals surface area contributed by atoms with E-state index in [1.807, 2.05) is 0 Å². The van der Waals surface area contributed by atoms with Gasteiger partial charge in [0.2, 0.25) is 4.60 Å². The highest BCUT2D eigenvalue weighted by atomic mass is 79.9. The molecule has 0 amide bonds. The molecule has 66 valence electrons. The van der Waals surface area contributed by atoms with Crippen molar-refractivity contribution in [2.45, 2.75) is 19.9 Å². The van der Waals surface area contributed by atoms with Crippen LogP contribution in [0.5, 0.6) is 0 Å². The van der Waals surface area contributed by atoms with E-state index in [0.717, 1.165) is 0 Å². The van der Waals surface area contributed by atoms with Gasteiger partial charge in [0, 0.05) is 5.21 Å². The number of aromatic nitrogens is 3. The number of hydrogen-bond donors (Lipinski definition) is 0. The minimum absolute atomic E-state index is 0.0656. The van der Waals surface area contributed by atoms with Crippen LogP contribution in [0.1, 0.15) is 19.9 Å². The highest BCUT2D eigenvalue weighted by molar-refractivity contribution is 9.10. The van der Waals surface area contributed by atoms with Gasteiger partial charge in [0.25, 0.3) is 0 Å². The van der Waals surface area contributed by atoms with Crippen LogP contribution < -0.4 is 0 Å². The molecule has 0 saturated carbocycles. The van der Waals surface area contributed by atoms with Gasteiger partial charge in [0.05, 0.1) is 0 Å². The average molecular weight is 235 g/mol. The third kappa shape index (κ3) is 1.45. The molecule has 1 rings (SSSR count). The maximum Gasteiger partial charge on any atom is 0.380 e. The summed E-state index contributed by atoms with van der Waals surface area (Å²) in [4.78, 5) is 9.97. The van der Waals surface area contributed by atoms with E-state index in [1.54, 1.807) is 13.8 Å². The first kappa shape index (κ1) is 9.11. The van der Waals surface area contributed by atoms with Crippen LogP contribution in [0.2, 0.25) is 0 Å². The third-order valence-electron chi connectivity index (χ3n) is 1.29. The van der Waals surface area contributed by atoms with E-state index in [0.29, 0.717) is 0 Å². The molecule has 0 aliphatic rings. The minimum Gasteiger partial charge on any atom is -0.358 e. The van der Waals surface area contributed by atoms with Crippen LogP contribution in [0.4, 0.5) is 5.82 Å². The molecule has 1 aromatic rings. The van der Waals surface area contributed by atoms with Crippen molar-refractivity contribution < 1.29 is 4.92 Å². The van der Waals surface area contributed by atoms with E-state index < -0.39 is 4.92 Å². The molecule has 0 atom stereocenters. The highest BCUT2D eigenvalue weighted by Gasteiger charge is 2.23. The summed E-state index contributed by atoms with van der Waals surface area (Å²) in [6.07, 6.45) is 0. The van der Waals surface area contributed by atoms with Gasteiger partial charge in [-0.05, 0) is 34.7 Å². The largest absolute Gasteiger partial charge is 0.380 e. The standard InChI is InChI=1S/C5H7BrN4O2/c1-3(2)9-5(10(11)12)4(6)7-8-9/h3H,1-2H3. The Hall–Kier alpha value is -0.980. The molecular formula is C5H7BrN4O2. The molecule has 0 saturated heterocycles. The van der Waals surface area contributed by atoms with Gasteiger partial charge >= 0.3 is 5.82 Å². The van der Waals surface area contributed by atoms with Crippen LogP contribution in [0.25, 0.3) is 0 Å². The zero-order chi connectivity index (χ0) is 9.30. The van der Waals surface area contributed by atoms with Gasteiger partial charge in [-0.25, -0.2) is 0 Å². The van der Waals surface area contributed by atoms with E-state index in [2.05, 4.69) is 26.2 Å². The molecule has 0 fully saturated rings. The smallest absolute Gasteiger partial charge is 0.358 e. The summed E-state index contributed by atoms with van der Waals surface area (Å²) in [5.41, 5.74) is 0. The topological polar surface area (TPSA) is 73.8 Å². The van der Waals surface area contributed by atoms with E-state index >= 15 is 0 Å². The molecule has 1 aromatic heterocycles. The maximum atomic E-state index is 10.5. The summed E-state index contributed by atoms with van der Waals surface area (Å²) in [7, 11) is 0. The van der Waals surface area contributed by atoms with Gasteiger partial charge in [-0.15, -0.1) is 4.68 Å². The number of nitro groups is 1. The summed E-state index contributed by atoms with van der Waals surface area (Å²) in [6.45, 7) is 3.60. The molecule has 0 aliphatic heterocycles. The summed E-state index contributed by atoms with van der Waals surface area (Å²) in [6, 6.07) is -0.0656. The van der Waals surface area contributed by atoms with E-state index in [1.165, 1.54) is 4.68 Å². The molecule has 7 heteroatoms. The SMILES string of the molecule is CC(C)n1nnc(Br)c1[N+](=O)[O-]. The van der Waals surface area contributed by atoms with Crippen molar-refractivity contribution in [2.24, 2.45) is 0 Å². The van der Waals surface area contributed by atoms with Gasteiger partial charge in [0.1, 0.15) is 6.04 Å². The first-order valence-electron chi connectivity index (χ1n) is 3.29. The summed E-state index contributed by atoms with van der Waals surface area (Å²) >= 11 is 2.95. The Morgan fingerprint density at radius 3 is 2.58 bits per heavy atom. The van der Waals surface area contributed by atoms with Crippen molar-refractivity contribution in [3.63, 3.8) is 0 Å². The lowest BCUT2D eigenvalue weighted by molar-refractivity contribution is -0.393. The first-order valence-corrected chi connectivity index (χ1v) is 4.08. The molecule has 0 aliphatic carbocycles. The van der Waals surface area contributed by atoms with Gasteiger partial charge in [0.15, 0.2) is 0 Å². The highest BCUT2D eigenvalue weighted by Crippen LogP contribution is 2.23. The average Bonchev–Trinajstić information content (AvgIpc) is 2.30. The monoisotopic (exact) mass is 234 g/mol. The zero-order valence-corrected chi connectivity index (χ0v) is 8.15. The molecule has 0 spiro atoms. The van der Waals surface area contributed by atoms with Crippen molar-refractivity contribution in [1.82, 2.24) is 15.0 Å². The van der Waals surface area contributed by atoms with Crippen molar-refractivity contribution in [3.8, 4) is 0 Å². The second-order valence-electron chi connectivity index (χ2n) is 2.50. The minimum atomic E-state index is -0.510. The van der Waals surface area contributed by atoms with Gasteiger partial charge < -0.3 is 10.1 Å². The fourth-order valence-electron chi connectivity index (χ4n) is 0.776. The Bertz CT molecular complexity index is 308. The van der Waals surface area contributed by atoms with E-state index in [9.17, 15) is 10.1 Å². The Morgan fingerprint density at radius 1 is 1.67 bits per heavy atom. The maximum absolute atomic E-state index is 10.5. The second-order valence-corrected chi connectivity index (χ2v) is 3.25. The molecule has 0 radical (unpaired) electrons.